The van der Waals surface area contributed by atoms with Crippen molar-refractivity contribution in [1.82, 2.24) is 9.97 Å². The third-order valence-corrected chi connectivity index (χ3v) is 6.21. The molecule has 3 nitrogen and oxygen atoms in total. The van der Waals surface area contributed by atoms with Gasteiger partial charge >= 0.3 is 0 Å². The van der Waals surface area contributed by atoms with Crippen molar-refractivity contribution < 1.29 is 0 Å². The molecule has 0 atom stereocenters. The monoisotopic (exact) mass is 372 g/mol. The molecule has 0 saturated heterocycles. The zero-order valence-electron chi connectivity index (χ0n) is 12.8. The molecule has 1 aromatic carbocycles. The zero-order chi connectivity index (χ0) is 16.7. The molecule has 0 radical (unpaired) electrons. The second-order valence-corrected chi connectivity index (χ2v) is 7.80. The topological polar surface area (TPSA) is 45.8 Å². The molecule has 0 fully saturated rings. The van der Waals surface area contributed by atoms with E-state index in [0.717, 1.165) is 27.3 Å². The van der Waals surface area contributed by atoms with Crippen molar-refractivity contribution in [3.05, 3.63) is 62.0 Å². The number of rotatable bonds is 3. The van der Waals surface area contributed by atoms with Crippen LogP contribution < -0.4 is 5.56 Å². The average molecular weight is 373 g/mol. The van der Waals surface area contributed by atoms with E-state index in [0.29, 0.717) is 16.2 Å². The minimum Gasteiger partial charge on any atom is -0.306 e. The third kappa shape index (κ3) is 2.59. The lowest BCUT2D eigenvalue weighted by atomic mass is 10.1. The summed E-state index contributed by atoms with van der Waals surface area (Å²) in [4.78, 5) is 23.5. The Kier molecular flexibility index (Phi) is 4.00. The van der Waals surface area contributed by atoms with E-state index in [1.165, 1.54) is 4.88 Å². The van der Waals surface area contributed by atoms with Gasteiger partial charge < -0.3 is 4.98 Å². The van der Waals surface area contributed by atoms with Crippen LogP contribution in [0.3, 0.4) is 0 Å². The van der Waals surface area contributed by atoms with Crippen molar-refractivity contribution in [2.45, 2.75) is 13.3 Å². The molecule has 120 valence electrons. The first-order chi connectivity index (χ1) is 11.7. The van der Waals surface area contributed by atoms with E-state index < -0.39 is 0 Å². The van der Waals surface area contributed by atoms with Crippen molar-refractivity contribution in [1.29, 1.82) is 0 Å². The molecule has 0 aliphatic carbocycles. The summed E-state index contributed by atoms with van der Waals surface area (Å²) < 4.78 is 0. The molecule has 0 aliphatic rings. The van der Waals surface area contributed by atoms with Crippen LogP contribution in [-0.4, -0.2) is 9.97 Å². The highest BCUT2D eigenvalue weighted by Gasteiger charge is 2.18. The molecule has 0 aliphatic heterocycles. The summed E-state index contributed by atoms with van der Waals surface area (Å²) >= 11 is 9.18. The predicted molar refractivity (Wildman–Crippen MR) is 103 cm³/mol. The number of nitrogens with zero attached hydrogens (tertiary/aromatic N) is 1. The Balaban J connectivity index is 1.98. The van der Waals surface area contributed by atoms with Crippen LogP contribution in [0.2, 0.25) is 5.02 Å². The van der Waals surface area contributed by atoms with Crippen molar-refractivity contribution in [2.24, 2.45) is 0 Å². The van der Waals surface area contributed by atoms with Gasteiger partial charge in [0.05, 0.1) is 5.39 Å². The number of hydrogen-bond acceptors (Lipinski definition) is 4. The number of benzene rings is 1. The van der Waals surface area contributed by atoms with E-state index in [1.807, 2.05) is 23.6 Å². The normalized spacial score (nSPS) is 11.2. The van der Waals surface area contributed by atoms with E-state index in [4.69, 9.17) is 16.6 Å². The second kappa shape index (κ2) is 6.16. The quantitative estimate of drug-likeness (QED) is 0.509. The molecule has 3 heterocycles. The summed E-state index contributed by atoms with van der Waals surface area (Å²) in [6, 6.07) is 11.4. The molecular formula is C18H13ClN2OS2. The van der Waals surface area contributed by atoms with Gasteiger partial charge in [0, 0.05) is 25.9 Å². The highest BCUT2D eigenvalue weighted by Crippen LogP contribution is 2.39. The van der Waals surface area contributed by atoms with E-state index >= 15 is 0 Å². The molecule has 4 rings (SSSR count). The maximum Gasteiger partial charge on any atom is 0.260 e. The van der Waals surface area contributed by atoms with Gasteiger partial charge in [-0.3, -0.25) is 4.79 Å². The van der Waals surface area contributed by atoms with Gasteiger partial charge in [-0.25, -0.2) is 4.98 Å². The van der Waals surface area contributed by atoms with Crippen molar-refractivity contribution in [3.63, 3.8) is 0 Å². The van der Waals surface area contributed by atoms with Crippen LogP contribution >= 0.6 is 34.3 Å². The summed E-state index contributed by atoms with van der Waals surface area (Å²) in [5.74, 6) is 0.575. The highest BCUT2D eigenvalue weighted by atomic mass is 35.5. The number of hydrogen-bond donors (Lipinski definition) is 1. The van der Waals surface area contributed by atoms with Gasteiger partial charge in [0.15, 0.2) is 0 Å². The Hall–Kier alpha value is -1.95. The number of aryl methyl sites for hydroxylation is 1. The third-order valence-electron chi connectivity index (χ3n) is 3.84. The standard InChI is InChI=1S/C18H13ClN2OS2/c1-2-12-14(13-4-3-9-23-13)15-17(22)20-16(21-18(15)24-12)10-5-7-11(19)8-6-10/h3-9H,2H2,1H3,(H,20,21,22). The minimum atomic E-state index is -0.0932. The zero-order valence-corrected chi connectivity index (χ0v) is 15.2. The van der Waals surface area contributed by atoms with Crippen molar-refractivity contribution in [2.75, 3.05) is 0 Å². The Morgan fingerprint density at radius 3 is 2.67 bits per heavy atom. The molecule has 24 heavy (non-hydrogen) atoms. The number of fused-ring (bicyclic) bond motifs is 1. The van der Waals surface area contributed by atoms with Crippen LogP contribution in [0.15, 0.2) is 46.6 Å². The first-order valence-electron chi connectivity index (χ1n) is 7.53. The maximum atomic E-state index is 12.8. The number of aromatic nitrogens is 2. The number of H-pyrrole nitrogens is 1. The number of thiophene rings is 2. The predicted octanol–water partition coefficient (Wildman–Crippen LogP) is 5.60. The molecule has 6 heteroatoms. The van der Waals surface area contributed by atoms with Crippen LogP contribution in [0.1, 0.15) is 11.8 Å². The second-order valence-electron chi connectivity index (χ2n) is 5.33. The minimum absolute atomic E-state index is 0.0932. The Morgan fingerprint density at radius 2 is 2.00 bits per heavy atom. The van der Waals surface area contributed by atoms with Crippen LogP contribution in [0.5, 0.6) is 0 Å². The molecule has 3 aromatic heterocycles. The number of aromatic amines is 1. The first-order valence-corrected chi connectivity index (χ1v) is 9.60. The van der Waals surface area contributed by atoms with Gasteiger partial charge in [0.25, 0.3) is 5.56 Å². The van der Waals surface area contributed by atoms with E-state index in [2.05, 4.69) is 18.0 Å². The molecule has 0 bridgehead atoms. The fraction of sp³-hybridized carbons (Fsp3) is 0.111. The van der Waals surface area contributed by atoms with E-state index in [9.17, 15) is 4.79 Å². The molecule has 0 spiro atoms. The van der Waals surface area contributed by atoms with Crippen LogP contribution in [0.4, 0.5) is 0 Å². The van der Waals surface area contributed by atoms with Crippen LogP contribution in [-0.2, 0) is 6.42 Å². The summed E-state index contributed by atoms with van der Waals surface area (Å²) in [6.45, 7) is 2.11. The SMILES string of the molecule is CCc1sc2nc(-c3ccc(Cl)cc3)[nH]c(=O)c2c1-c1cccs1. The van der Waals surface area contributed by atoms with Crippen molar-refractivity contribution in [3.8, 4) is 21.8 Å². The molecule has 1 N–H and O–H groups in total. The number of nitrogens with one attached hydrogen (secondary N) is 1. The Labute approximate surface area is 151 Å². The Morgan fingerprint density at radius 1 is 1.21 bits per heavy atom. The number of halogens is 1. The lowest BCUT2D eigenvalue weighted by molar-refractivity contribution is 1.18. The maximum absolute atomic E-state index is 12.8. The summed E-state index contributed by atoms with van der Waals surface area (Å²) in [5, 5.41) is 3.38. The van der Waals surface area contributed by atoms with Gasteiger partial charge in [0.1, 0.15) is 10.7 Å². The highest BCUT2D eigenvalue weighted by molar-refractivity contribution is 7.20. The molecule has 0 saturated carbocycles. The average Bonchev–Trinajstić information content (AvgIpc) is 3.22. The summed E-state index contributed by atoms with van der Waals surface area (Å²) in [7, 11) is 0. The van der Waals surface area contributed by atoms with E-state index in [-0.39, 0.29) is 5.56 Å². The van der Waals surface area contributed by atoms with Gasteiger partial charge in [-0.15, -0.1) is 22.7 Å². The molecule has 0 amide bonds. The first kappa shape index (κ1) is 15.6. The smallest absolute Gasteiger partial charge is 0.260 e. The summed E-state index contributed by atoms with van der Waals surface area (Å²) in [6.07, 6.45) is 0.879. The molecular weight excluding hydrogens is 360 g/mol. The van der Waals surface area contributed by atoms with Gasteiger partial charge in [0.2, 0.25) is 0 Å². The van der Waals surface area contributed by atoms with Gasteiger partial charge in [-0.2, -0.15) is 0 Å². The van der Waals surface area contributed by atoms with Crippen LogP contribution in [0, 0.1) is 0 Å². The lowest BCUT2D eigenvalue weighted by Crippen LogP contribution is -2.09. The summed E-state index contributed by atoms with van der Waals surface area (Å²) in [5.41, 5.74) is 1.79. The van der Waals surface area contributed by atoms with Crippen molar-refractivity contribution >= 4 is 44.5 Å². The van der Waals surface area contributed by atoms with Gasteiger partial charge in [-0.05, 0) is 42.1 Å². The van der Waals surface area contributed by atoms with E-state index in [1.54, 1.807) is 34.8 Å². The molecule has 0 unspecified atom stereocenters. The lowest BCUT2D eigenvalue weighted by Gasteiger charge is -2.02. The molecule has 4 aromatic rings. The van der Waals surface area contributed by atoms with Crippen LogP contribution in [0.25, 0.3) is 32.0 Å². The largest absolute Gasteiger partial charge is 0.306 e. The van der Waals surface area contributed by atoms with Gasteiger partial charge in [-0.1, -0.05) is 24.6 Å². The Bertz CT molecular complexity index is 1060. The fourth-order valence-electron chi connectivity index (χ4n) is 2.73. The fourth-order valence-corrected chi connectivity index (χ4v) is 4.85.